The third-order valence-electron chi connectivity index (χ3n) is 3.73. The highest BCUT2D eigenvalue weighted by atomic mass is 35.5. The number of nitrogens with one attached hydrogen (secondary N) is 1. The summed E-state index contributed by atoms with van der Waals surface area (Å²) in [7, 11) is 0. The standard InChI is InChI=1S/C17H13Cl3N4O3/c1-7(2)9-5-14(22-24-17(9)20)27-16-10(18)3-8(4-11(16)19)15-12(25)6-13(26)21-23-15/h3-5,7H,6H2,1-2H3,(H,21,26). The Morgan fingerprint density at radius 2 is 1.74 bits per heavy atom. The summed E-state index contributed by atoms with van der Waals surface area (Å²) >= 11 is 18.6. The van der Waals surface area contributed by atoms with Gasteiger partial charge in [0, 0.05) is 11.6 Å². The summed E-state index contributed by atoms with van der Waals surface area (Å²) in [5, 5.41) is 12.1. The van der Waals surface area contributed by atoms with Crippen LogP contribution < -0.4 is 10.2 Å². The topological polar surface area (TPSA) is 93.5 Å². The summed E-state index contributed by atoms with van der Waals surface area (Å²) in [6, 6.07) is 4.61. The Bertz CT molecular complexity index is 953. The Labute approximate surface area is 169 Å². The Morgan fingerprint density at radius 3 is 2.33 bits per heavy atom. The highest BCUT2D eigenvalue weighted by Gasteiger charge is 2.24. The largest absolute Gasteiger partial charge is 0.434 e. The van der Waals surface area contributed by atoms with E-state index in [2.05, 4.69) is 20.7 Å². The van der Waals surface area contributed by atoms with E-state index in [1.807, 2.05) is 13.8 Å². The van der Waals surface area contributed by atoms with Gasteiger partial charge < -0.3 is 4.74 Å². The fraction of sp³-hybridized carbons (Fsp3) is 0.235. The Kier molecular flexibility index (Phi) is 5.64. The minimum Gasteiger partial charge on any atom is -0.434 e. The number of carbonyl (C=O) groups is 2. The zero-order valence-corrected chi connectivity index (χ0v) is 16.5. The summed E-state index contributed by atoms with van der Waals surface area (Å²) < 4.78 is 5.68. The van der Waals surface area contributed by atoms with Crippen molar-refractivity contribution < 1.29 is 14.3 Å². The van der Waals surface area contributed by atoms with Gasteiger partial charge in [-0.1, -0.05) is 48.7 Å². The van der Waals surface area contributed by atoms with Crippen LogP contribution in [0.15, 0.2) is 23.3 Å². The molecule has 0 unspecified atom stereocenters. The van der Waals surface area contributed by atoms with Gasteiger partial charge in [-0.05, 0) is 23.6 Å². The lowest BCUT2D eigenvalue weighted by molar-refractivity contribution is -0.126. The molecule has 10 heteroatoms. The number of hydrogen-bond donors (Lipinski definition) is 1. The van der Waals surface area contributed by atoms with Crippen LogP contribution in [0.2, 0.25) is 15.2 Å². The number of amides is 1. The second-order valence-electron chi connectivity index (χ2n) is 6.05. The van der Waals surface area contributed by atoms with E-state index in [0.717, 1.165) is 5.56 Å². The first-order valence-electron chi connectivity index (χ1n) is 7.86. The van der Waals surface area contributed by atoms with E-state index >= 15 is 0 Å². The van der Waals surface area contributed by atoms with Gasteiger partial charge in [0.1, 0.15) is 5.71 Å². The van der Waals surface area contributed by atoms with Gasteiger partial charge in [-0.2, -0.15) is 5.10 Å². The van der Waals surface area contributed by atoms with Gasteiger partial charge in [-0.25, -0.2) is 5.43 Å². The van der Waals surface area contributed by atoms with E-state index < -0.39 is 11.7 Å². The number of ketones is 1. The predicted octanol–water partition coefficient (Wildman–Crippen LogP) is 4.15. The zero-order valence-electron chi connectivity index (χ0n) is 14.2. The monoisotopic (exact) mass is 426 g/mol. The molecule has 0 spiro atoms. The van der Waals surface area contributed by atoms with Crippen molar-refractivity contribution >= 4 is 52.2 Å². The highest BCUT2D eigenvalue weighted by Crippen LogP contribution is 2.38. The molecule has 1 aliphatic rings. The lowest BCUT2D eigenvalue weighted by Gasteiger charge is -2.14. The number of hydrogen-bond acceptors (Lipinski definition) is 6. The molecule has 1 aliphatic heterocycles. The summed E-state index contributed by atoms with van der Waals surface area (Å²) in [6.07, 6.45) is -0.287. The van der Waals surface area contributed by atoms with E-state index in [1.54, 1.807) is 6.07 Å². The molecule has 0 saturated carbocycles. The fourth-order valence-electron chi connectivity index (χ4n) is 2.40. The van der Waals surface area contributed by atoms with Crippen LogP contribution in [0.5, 0.6) is 11.6 Å². The van der Waals surface area contributed by atoms with Crippen LogP contribution in [-0.2, 0) is 9.59 Å². The number of aromatic nitrogens is 2. The predicted molar refractivity (Wildman–Crippen MR) is 102 cm³/mol. The molecule has 0 radical (unpaired) electrons. The Morgan fingerprint density at radius 1 is 1.07 bits per heavy atom. The molecule has 7 nitrogen and oxygen atoms in total. The lowest BCUT2D eigenvalue weighted by Crippen LogP contribution is -2.33. The molecule has 2 aromatic rings. The number of nitrogens with zero attached hydrogens (tertiary/aromatic N) is 3. The molecule has 1 amide bonds. The molecule has 0 bridgehead atoms. The van der Waals surface area contributed by atoms with Crippen LogP contribution in [0.3, 0.4) is 0 Å². The molecule has 0 saturated heterocycles. The summed E-state index contributed by atoms with van der Waals surface area (Å²) in [6.45, 7) is 3.92. The number of carbonyl (C=O) groups excluding carboxylic acids is 2. The minimum absolute atomic E-state index is 0.0679. The first-order valence-corrected chi connectivity index (χ1v) is 8.99. The molecular weight excluding hydrogens is 415 g/mol. The maximum atomic E-state index is 12.0. The third-order valence-corrected chi connectivity index (χ3v) is 4.59. The molecule has 1 aromatic carbocycles. The van der Waals surface area contributed by atoms with Crippen LogP contribution in [0, 0.1) is 0 Å². The molecule has 2 heterocycles. The first-order chi connectivity index (χ1) is 12.8. The molecule has 0 fully saturated rings. The summed E-state index contributed by atoms with van der Waals surface area (Å²) in [5.41, 5.74) is 3.46. The van der Waals surface area contributed by atoms with Crippen molar-refractivity contribution in [2.24, 2.45) is 5.10 Å². The van der Waals surface area contributed by atoms with Crippen LogP contribution in [0.1, 0.15) is 37.3 Å². The van der Waals surface area contributed by atoms with Gasteiger partial charge in [0.2, 0.25) is 11.8 Å². The number of benzene rings is 1. The van der Waals surface area contributed by atoms with Crippen molar-refractivity contribution in [2.75, 3.05) is 0 Å². The average molecular weight is 428 g/mol. The van der Waals surface area contributed by atoms with Crippen LogP contribution in [0.25, 0.3) is 0 Å². The molecule has 0 aliphatic carbocycles. The van der Waals surface area contributed by atoms with Gasteiger partial charge in [-0.3, -0.25) is 9.59 Å². The van der Waals surface area contributed by atoms with Crippen LogP contribution in [0.4, 0.5) is 0 Å². The van der Waals surface area contributed by atoms with Crippen molar-refractivity contribution in [1.29, 1.82) is 0 Å². The second-order valence-corrected chi connectivity index (χ2v) is 7.22. The van der Waals surface area contributed by atoms with E-state index in [4.69, 9.17) is 39.5 Å². The molecular formula is C17H13Cl3N4O3. The number of ether oxygens (including phenoxy) is 1. The molecule has 1 N–H and O–H groups in total. The van der Waals surface area contributed by atoms with E-state index in [1.165, 1.54) is 12.1 Å². The van der Waals surface area contributed by atoms with Crippen molar-refractivity contribution in [2.45, 2.75) is 26.2 Å². The normalized spacial score (nSPS) is 14.2. The molecule has 3 rings (SSSR count). The number of hydrazone groups is 1. The Hall–Kier alpha value is -2.22. The fourth-order valence-corrected chi connectivity index (χ4v) is 3.28. The molecule has 27 heavy (non-hydrogen) atoms. The minimum atomic E-state index is -0.469. The third kappa shape index (κ3) is 4.21. The van der Waals surface area contributed by atoms with Gasteiger partial charge in [0.25, 0.3) is 0 Å². The van der Waals surface area contributed by atoms with E-state index in [9.17, 15) is 9.59 Å². The number of Topliss-reactive ketones (excluding diaryl/α,β-unsaturated/α-hetero) is 1. The highest BCUT2D eigenvalue weighted by molar-refractivity contribution is 6.50. The SMILES string of the molecule is CC(C)c1cc(Oc2c(Cl)cc(C3=NNC(=O)CC3=O)cc2Cl)nnc1Cl. The average Bonchev–Trinajstić information content (AvgIpc) is 2.59. The Balaban J connectivity index is 1.94. The van der Waals surface area contributed by atoms with E-state index in [-0.39, 0.29) is 39.7 Å². The molecule has 1 aromatic heterocycles. The van der Waals surface area contributed by atoms with Crippen molar-refractivity contribution in [3.05, 3.63) is 44.5 Å². The van der Waals surface area contributed by atoms with Gasteiger partial charge in [-0.15, -0.1) is 10.2 Å². The van der Waals surface area contributed by atoms with Gasteiger partial charge >= 0.3 is 0 Å². The summed E-state index contributed by atoms with van der Waals surface area (Å²) in [5.74, 6) is -0.443. The molecule has 140 valence electrons. The van der Waals surface area contributed by atoms with Crippen molar-refractivity contribution in [3.63, 3.8) is 0 Å². The zero-order chi connectivity index (χ0) is 19.7. The van der Waals surface area contributed by atoms with Crippen LogP contribution >= 0.6 is 34.8 Å². The lowest BCUT2D eigenvalue weighted by atomic mass is 10.0. The maximum absolute atomic E-state index is 12.0. The van der Waals surface area contributed by atoms with Crippen molar-refractivity contribution in [3.8, 4) is 11.6 Å². The number of rotatable bonds is 4. The van der Waals surface area contributed by atoms with E-state index in [0.29, 0.717) is 10.7 Å². The number of halogens is 3. The van der Waals surface area contributed by atoms with Gasteiger partial charge in [0.05, 0.1) is 16.5 Å². The van der Waals surface area contributed by atoms with Gasteiger partial charge in [0.15, 0.2) is 16.7 Å². The van der Waals surface area contributed by atoms with Crippen molar-refractivity contribution in [1.82, 2.24) is 15.6 Å². The first kappa shape index (κ1) is 19.5. The second kappa shape index (κ2) is 7.80. The summed E-state index contributed by atoms with van der Waals surface area (Å²) in [4.78, 5) is 23.2. The maximum Gasteiger partial charge on any atom is 0.247 e. The van der Waals surface area contributed by atoms with Crippen LogP contribution in [-0.4, -0.2) is 27.6 Å². The smallest absolute Gasteiger partial charge is 0.247 e. The quantitative estimate of drug-likeness (QED) is 0.740. The molecule has 0 atom stereocenters.